The summed E-state index contributed by atoms with van der Waals surface area (Å²) in [6.07, 6.45) is 0. The smallest absolute Gasteiger partial charge is 0.341 e. The number of hydrogen-bond acceptors (Lipinski definition) is 6. The van der Waals surface area contributed by atoms with Gasteiger partial charge < -0.3 is 14.8 Å². The standard InChI is InChI=1S/C17H15ClFNO5S/c1-8-9(2)26-15(14(8)17(23)24-3)20-13(21)7-25-16(22)11-5-4-10(18)6-12(11)19/h4-6H,7H2,1-3H3,(H,20,21). The zero-order valence-corrected chi connectivity index (χ0v) is 15.7. The Morgan fingerprint density at radius 2 is 1.92 bits per heavy atom. The van der Waals surface area contributed by atoms with E-state index in [9.17, 15) is 18.8 Å². The highest BCUT2D eigenvalue weighted by molar-refractivity contribution is 7.16. The Balaban J connectivity index is 2.05. The Kier molecular flexibility index (Phi) is 6.33. The van der Waals surface area contributed by atoms with Gasteiger partial charge in [-0.05, 0) is 37.6 Å². The minimum absolute atomic E-state index is 0.135. The molecule has 9 heteroatoms. The van der Waals surface area contributed by atoms with E-state index in [-0.39, 0.29) is 16.1 Å². The van der Waals surface area contributed by atoms with Crippen molar-refractivity contribution in [1.82, 2.24) is 0 Å². The molecule has 1 N–H and O–H groups in total. The third-order valence-corrected chi connectivity index (χ3v) is 4.87. The number of nitrogens with one attached hydrogen (secondary N) is 1. The average molecular weight is 400 g/mol. The van der Waals surface area contributed by atoms with Gasteiger partial charge in [0.2, 0.25) is 0 Å². The molecule has 0 spiro atoms. The SMILES string of the molecule is COC(=O)c1c(NC(=O)COC(=O)c2ccc(Cl)cc2F)sc(C)c1C. The topological polar surface area (TPSA) is 81.7 Å². The zero-order valence-electron chi connectivity index (χ0n) is 14.1. The lowest BCUT2D eigenvalue weighted by Crippen LogP contribution is -2.22. The van der Waals surface area contributed by atoms with Crippen molar-refractivity contribution in [2.45, 2.75) is 13.8 Å². The monoisotopic (exact) mass is 399 g/mol. The number of carbonyl (C=O) groups is 3. The van der Waals surface area contributed by atoms with Crippen molar-refractivity contribution in [3.05, 3.63) is 50.6 Å². The summed E-state index contributed by atoms with van der Waals surface area (Å²) in [5.41, 5.74) is 0.607. The van der Waals surface area contributed by atoms with Gasteiger partial charge in [-0.3, -0.25) is 4.79 Å². The van der Waals surface area contributed by atoms with Crippen molar-refractivity contribution in [2.75, 3.05) is 19.0 Å². The number of anilines is 1. The number of rotatable bonds is 5. The molecule has 0 saturated heterocycles. The van der Waals surface area contributed by atoms with Gasteiger partial charge in [-0.15, -0.1) is 11.3 Å². The van der Waals surface area contributed by atoms with Crippen LogP contribution in [0.5, 0.6) is 0 Å². The highest BCUT2D eigenvalue weighted by atomic mass is 35.5. The highest BCUT2D eigenvalue weighted by Crippen LogP contribution is 2.32. The van der Waals surface area contributed by atoms with Crippen LogP contribution < -0.4 is 5.32 Å². The molecule has 0 aliphatic rings. The van der Waals surface area contributed by atoms with Crippen LogP contribution in [0, 0.1) is 19.7 Å². The van der Waals surface area contributed by atoms with E-state index in [1.807, 2.05) is 0 Å². The lowest BCUT2D eigenvalue weighted by atomic mass is 10.1. The lowest BCUT2D eigenvalue weighted by molar-refractivity contribution is -0.119. The van der Waals surface area contributed by atoms with Gasteiger partial charge in [0.25, 0.3) is 5.91 Å². The molecule has 0 bridgehead atoms. The molecule has 1 amide bonds. The maximum absolute atomic E-state index is 13.7. The normalized spacial score (nSPS) is 10.3. The Labute approximate surface area is 157 Å². The number of amides is 1. The second-order valence-electron chi connectivity index (χ2n) is 5.23. The van der Waals surface area contributed by atoms with Crippen LogP contribution in [0.4, 0.5) is 9.39 Å². The van der Waals surface area contributed by atoms with Crippen molar-refractivity contribution < 1.29 is 28.2 Å². The zero-order chi connectivity index (χ0) is 19.4. The van der Waals surface area contributed by atoms with Crippen LogP contribution in [0.3, 0.4) is 0 Å². The summed E-state index contributed by atoms with van der Waals surface area (Å²) in [4.78, 5) is 36.6. The summed E-state index contributed by atoms with van der Waals surface area (Å²) in [6.45, 7) is 2.89. The molecule has 0 radical (unpaired) electrons. The van der Waals surface area contributed by atoms with Gasteiger partial charge in [-0.25, -0.2) is 14.0 Å². The summed E-state index contributed by atoms with van der Waals surface area (Å²) >= 11 is 6.81. The van der Waals surface area contributed by atoms with Gasteiger partial charge in [0.1, 0.15) is 10.8 Å². The Hall–Kier alpha value is -2.45. The number of aryl methyl sites for hydroxylation is 1. The maximum Gasteiger partial charge on any atom is 0.341 e. The predicted molar refractivity (Wildman–Crippen MR) is 95.5 cm³/mol. The fourth-order valence-corrected chi connectivity index (χ4v) is 3.31. The van der Waals surface area contributed by atoms with E-state index in [0.29, 0.717) is 10.6 Å². The molecule has 0 aliphatic carbocycles. The first kappa shape index (κ1) is 19.9. The molecule has 0 saturated carbocycles. The maximum atomic E-state index is 13.7. The number of halogens is 2. The summed E-state index contributed by atoms with van der Waals surface area (Å²) < 4.78 is 23.2. The molecular formula is C17H15ClFNO5S. The van der Waals surface area contributed by atoms with Crippen LogP contribution in [-0.2, 0) is 14.3 Å². The number of thiophene rings is 1. The first-order valence-electron chi connectivity index (χ1n) is 7.35. The molecule has 26 heavy (non-hydrogen) atoms. The molecule has 138 valence electrons. The molecule has 2 aromatic rings. The molecule has 0 fully saturated rings. The van der Waals surface area contributed by atoms with E-state index in [1.54, 1.807) is 13.8 Å². The molecule has 1 heterocycles. The molecule has 2 rings (SSSR count). The molecule has 6 nitrogen and oxygen atoms in total. The van der Waals surface area contributed by atoms with Gasteiger partial charge >= 0.3 is 11.9 Å². The number of benzene rings is 1. The van der Waals surface area contributed by atoms with Crippen molar-refractivity contribution in [1.29, 1.82) is 0 Å². The van der Waals surface area contributed by atoms with Gasteiger partial charge in [0.15, 0.2) is 6.61 Å². The summed E-state index contributed by atoms with van der Waals surface area (Å²) in [5.74, 6) is -3.09. The van der Waals surface area contributed by atoms with E-state index in [1.165, 1.54) is 30.6 Å². The van der Waals surface area contributed by atoms with E-state index in [2.05, 4.69) is 5.32 Å². The minimum atomic E-state index is -0.999. The highest BCUT2D eigenvalue weighted by Gasteiger charge is 2.22. The number of hydrogen-bond donors (Lipinski definition) is 1. The Bertz CT molecular complexity index is 880. The van der Waals surface area contributed by atoms with Crippen LogP contribution in [0.15, 0.2) is 18.2 Å². The summed E-state index contributed by atoms with van der Waals surface area (Å²) in [7, 11) is 1.24. The quantitative estimate of drug-likeness (QED) is 0.774. The van der Waals surface area contributed by atoms with Crippen LogP contribution >= 0.6 is 22.9 Å². The van der Waals surface area contributed by atoms with E-state index >= 15 is 0 Å². The summed E-state index contributed by atoms with van der Waals surface area (Å²) in [5, 5.41) is 2.94. The molecule has 1 aromatic heterocycles. The van der Waals surface area contributed by atoms with Crippen molar-refractivity contribution in [3.8, 4) is 0 Å². The number of carbonyl (C=O) groups excluding carboxylic acids is 3. The average Bonchev–Trinajstić information content (AvgIpc) is 2.86. The Morgan fingerprint density at radius 3 is 2.54 bits per heavy atom. The lowest BCUT2D eigenvalue weighted by Gasteiger charge is -2.08. The van der Waals surface area contributed by atoms with Crippen LogP contribution in [0.1, 0.15) is 31.2 Å². The number of methoxy groups -OCH3 is 1. The fourth-order valence-electron chi connectivity index (χ4n) is 2.09. The molecule has 1 aromatic carbocycles. The summed E-state index contributed by atoms with van der Waals surface area (Å²) in [6, 6.07) is 3.47. The van der Waals surface area contributed by atoms with Gasteiger partial charge in [0.05, 0.1) is 18.2 Å². The third kappa shape index (κ3) is 4.39. The Morgan fingerprint density at radius 1 is 1.23 bits per heavy atom. The van der Waals surface area contributed by atoms with Crippen LogP contribution in [0.2, 0.25) is 5.02 Å². The van der Waals surface area contributed by atoms with Gasteiger partial charge in [0, 0.05) is 9.90 Å². The first-order chi connectivity index (χ1) is 12.2. The van der Waals surface area contributed by atoms with E-state index < -0.39 is 30.3 Å². The number of esters is 2. The van der Waals surface area contributed by atoms with E-state index in [4.69, 9.17) is 21.1 Å². The first-order valence-corrected chi connectivity index (χ1v) is 8.54. The van der Waals surface area contributed by atoms with Gasteiger partial charge in [-0.1, -0.05) is 11.6 Å². The molecule has 0 aliphatic heterocycles. The second kappa shape index (κ2) is 8.29. The van der Waals surface area contributed by atoms with Crippen molar-refractivity contribution >= 4 is 45.8 Å². The molecule has 0 unspecified atom stereocenters. The van der Waals surface area contributed by atoms with Crippen LogP contribution in [0.25, 0.3) is 0 Å². The van der Waals surface area contributed by atoms with Crippen molar-refractivity contribution in [3.63, 3.8) is 0 Å². The van der Waals surface area contributed by atoms with Crippen molar-refractivity contribution in [2.24, 2.45) is 0 Å². The third-order valence-electron chi connectivity index (χ3n) is 3.51. The molecule has 0 atom stereocenters. The fraction of sp³-hybridized carbons (Fsp3) is 0.235. The molecular weight excluding hydrogens is 385 g/mol. The van der Waals surface area contributed by atoms with Crippen LogP contribution in [-0.4, -0.2) is 31.6 Å². The van der Waals surface area contributed by atoms with Gasteiger partial charge in [-0.2, -0.15) is 0 Å². The minimum Gasteiger partial charge on any atom is -0.465 e. The second-order valence-corrected chi connectivity index (χ2v) is 6.89. The largest absolute Gasteiger partial charge is 0.465 e. The van der Waals surface area contributed by atoms with E-state index in [0.717, 1.165) is 10.9 Å². The number of ether oxygens (including phenoxy) is 2. The predicted octanol–water partition coefficient (Wildman–Crippen LogP) is 3.74.